The Morgan fingerprint density at radius 1 is 1.35 bits per heavy atom. The maximum Gasteiger partial charge on any atom is 0.391 e. The Kier molecular flexibility index (Phi) is 4.01. The van der Waals surface area contributed by atoms with Gasteiger partial charge in [-0.3, -0.25) is 0 Å². The fourth-order valence-corrected chi connectivity index (χ4v) is 2.23. The minimum atomic E-state index is -4.13. The number of aromatic nitrogens is 1. The summed E-state index contributed by atoms with van der Waals surface area (Å²) in [4.78, 5) is 5.96. The van der Waals surface area contributed by atoms with E-state index in [2.05, 4.69) is 10.1 Å². The number of anilines is 1. The van der Waals surface area contributed by atoms with Gasteiger partial charge in [-0.25, -0.2) is 4.98 Å². The van der Waals surface area contributed by atoms with Gasteiger partial charge in [0, 0.05) is 13.1 Å². The van der Waals surface area contributed by atoms with Crippen LogP contribution in [0.5, 0.6) is 0 Å². The van der Waals surface area contributed by atoms with Crippen LogP contribution >= 0.6 is 0 Å². The van der Waals surface area contributed by atoms with Crippen LogP contribution in [-0.2, 0) is 0 Å². The van der Waals surface area contributed by atoms with Crippen LogP contribution in [0, 0.1) is 5.92 Å². The number of oxime groups is 1. The van der Waals surface area contributed by atoms with E-state index < -0.39 is 12.1 Å². The minimum absolute atomic E-state index is 0.0545. The van der Waals surface area contributed by atoms with Crippen molar-refractivity contribution >= 4 is 11.7 Å². The number of hydrogen-bond acceptors (Lipinski definition) is 4. The van der Waals surface area contributed by atoms with Crippen molar-refractivity contribution in [3.8, 4) is 0 Å². The number of pyridine rings is 1. The van der Waals surface area contributed by atoms with Gasteiger partial charge in [-0.2, -0.15) is 13.2 Å². The van der Waals surface area contributed by atoms with Crippen molar-refractivity contribution in [3.05, 3.63) is 23.9 Å². The van der Waals surface area contributed by atoms with Crippen molar-refractivity contribution in [2.45, 2.75) is 19.0 Å². The summed E-state index contributed by atoms with van der Waals surface area (Å²) >= 11 is 0. The van der Waals surface area contributed by atoms with E-state index in [4.69, 9.17) is 10.9 Å². The Hall–Kier alpha value is -1.99. The van der Waals surface area contributed by atoms with Gasteiger partial charge in [0.15, 0.2) is 5.84 Å². The van der Waals surface area contributed by atoms with E-state index in [-0.39, 0.29) is 31.8 Å². The number of nitrogens with two attached hydrogens (primary N) is 1. The molecule has 0 bridgehead atoms. The summed E-state index contributed by atoms with van der Waals surface area (Å²) in [7, 11) is 0. The summed E-state index contributed by atoms with van der Waals surface area (Å²) in [5, 5.41) is 11.5. The summed E-state index contributed by atoms with van der Waals surface area (Å²) in [5.74, 6) is -0.835. The predicted molar refractivity (Wildman–Crippen MR) is 67.7 cm³/mol. The van der Waals surface area contributed by atoms with Crippen molar-refractivity contribution < 1.29 is 18.4 Å². The quantitative estimate of drug-likeness (QED) is 0.377. The normalized spacial score (nSPS) is 18.4. The van der Waals surface area contributed by atoms with Crippen LogP contribution in [0.3, 0.4) is 0 Å². The summed E-state index contributed by atoms with van der Waals surface area (Å²) in [6.45, 7) is 0.577. The number of piperidine rings is 1. The van der Waals surface area contributed by atoms with Gasteiger partial charge in [0.05, 0.1) is 5.92 Å². The number of halogens is 3. The molecule has 2 heterocycles. The molecule has 0 aromatic carbocycles. The van der Waals surface area contributed by atoms with Crippen LogP contribution in [0.4, 0.5) is 19.0 Å². The molecule has 0 spiro atoms. The molecule has 1 aliphatic rings. The van der Waals surface area contributed by atoms with Crippen LogP contribution in [0.25, 0.3) is 0 Å². The molecule has 0 radical (unpaired) electrons. The van der Waals surface area contributed by atoms with Crippen molar-refractivity contribution in [2.24, 2.45) is 16.8 Å². The Morgan fingerprint density at radius 2 is 2.00 bits per heavy atom. The molecular formula is C12H15F3N4O. The Balaban J connectivity index is 2.08. The molecule has 1 aromatic heterocycles. The lowest BCUT2D eigenvalue weighted by Crippen LogP contribution is -2.39. The molecule has 0 unspecified atom stereocenters. The van der Waals surface area contributed by atoms with Gasteiger partial charge in [-0.15, -0.1) is 0 Å². The van der Waals surface area contributed by atoms with Crippen molar-refractivity contribution in [1.29, 1.82) is 0 Å². The summed E-state index contributed by atoms with van der Waals surface area (Å²) in [6.07, 6.45) is -4.02. The Bertz CT molecular complexity index is 496. The number of amidine groups is 1. The first kappa shape index (κ1) is 14.4. The molecule has 0 saturated carbocycles. The molecule has 110 valence electrons. The second kappa shape index (κ2) is 5.56. The number of rotatable bonds is 2. The highest BCUT2D eigenvalue weighted by Gasteiger charge is 2.41. The molecular weight excluding hydrogens is 273 g/mol. The summed E-state index contributed by atoms with van der Waals surface area (Å²) in [6, 6.07) is 4.94. The zero-order valence-electron chi connectivity index (χ0n) is 10.6. The highest BCUT2D eigenvalue weighted by Crippen LogP contribution is 2.34. The maximum absolute atomic E-state index is 12.6. The largest absolute Gasteiger partial charge is 0.409 e. The number of nitrogens with zero attached hydrogens (tertiary/aromatic N) is 3. The molecule has 5 nitrogen and oxygen atoms in total. The van der Waals surface area contributed by atoms with Gasteiger partial charge in [0.2, 0.25) is 0 Å². The first-order valence-corrected chi connectivity index (χ1v) is 6.18. The van der Waals surface area contributed by atoms with Gasteiger partial charge >= 0.3 is 6.18 Å². The molecule has 1 aromatic rings. The van der Waals surface area contributed by atoms with Crippen molar-refractivity contribution in [1.82, 2.24) is 4.98 Å². The highest BCUT2D eigenvalue weighted by molar-refractivity contribution is 5.95. The van der Waals surface area contributed by atoms with Gasteiger partial charge in [0.25, 0.3) is 0 Å². The van der Waals surface area contributed by atoms with Gasteiger partial charge in [-0.1, -0.05) is 11.2 Å². The number of alkyl halides is 3. The first-order valence-electron chi connectivity index (χ1n) is 6.18. The zero-order valence-corrected chi connectivity index (χ0v) is 10.6. The van der Waals surface area contributed by atoms with Gasteiger partial charge in [-0.05, 0) is 25.0 Å². The average Bonchev–Trinajstić information content (AvgIpc) is 2.46. The first-order chi connectivity index (χ1) is 9.41. The molecule has 0 aliphatic carbocycles. The third-order valence-electron chi connectivity index (χ3n) is 3.39. The standard InChI is InChI=1S/C12H15F3N4O/c13-12(14,15)8-4-6-19(7-5-8)10-3-1-2-9(17-10)11(16)18-20/h1-3,8,20H,4-7H2,(H2,16,18). The van der Waals surface area contributed by atoms with E-state index in [1.54, 1.807) is 23.1 Å². The van der Waals surface area contributed by atoms with Crippen LogP contribution in [0.2, 0.25) is 0 Å². The summed E-state index contributed by atoms with van der Waals surface area (Å²) in [5.41, 5.74) is 5.74. The minimum Gasteiger partial charge on any atom is -0.409 e. The lowest BCUT2D eigenvalue weighted by molar-refractivity contribution is -0.179. The molecule has 8 heteroatoms. The molecule has 1 saturated heterocycles. The molecule has 2 rings (SSSR count). The molecule has 1 aliphatic heterocycles. The monoisotopic (exact) mass is 288 g/mol. The molecule has 0 amide bonds. The van der Waals surface area contributed by atoms with Crippen LogP contribution in [0.1, 0.15) is 18.5 Å². The van der Waals surface area contributed by atoms with E-state index in [1.165, 1.54) is 0 Å². The third-order valence-corrected chi connectivity index (χ3v) is 3.39. The molecule has 1 fully saturated rings. The van der Waals surface area contributed by atoms with Crippen LogP contribution in [-0.4, -0.2) is 35.3 Å². The zero-order chi connectivity index (χ0) is 14.8. The molecule has 0 atom stereocenters. The fraction of sp³-hybridized carbons (Fsp3) is 0.500. The highest BCUT2D eigenvalue weighted by atomic mass is 19.4. The SMILES string of the molecule is NC(=NO)c1cccc(N2CCC(C(F)(F)F)CC2)n1. The molecule has 3 N–H and O–H groups in total. The van der Waals surface area contributed by atoms with Gasteiger partial charge < -0.3 is 15.8 Å². The number of hydrogen-bond donors (Lipinski definition) is 2. The van der Waals surface area contributed by atoms with E-state index in [9.17, 15) is 13.2 Å². The second-order valence-electron chi connectivity index (χ2n) is 4.67. The Morgan fingerprint density at radius 3 is 2.55 bits per heavy atom. The van der Waals surface area contributed by atoms with Crippen LogP contribution < -0.4 is 10.6 Å². The third kappa shape index (κ3) is 3.12. The van der Waals surface area contributed by atoms with E-state index in [1.807, 2.05) is 0 Å². The maximum atomic E-state index is 12.6. The topological polar surface area (TPSA) is 74.7 Å². The lowest BCUT2D eigenvalue weighted by atomic mass is 9.96. The predicted octanol–water partition coefficient (Wildman–Crippen LogP) is 1.95. The molecule has 20 heavy (non-hydrogen) atoms. The second-order valence-corrected chi connectivity index (χ2v) is 4.67. The van der Waals surface area contributed by atoms with Crippen molar-refractivity contribution in [3.63, 3.8) is 0 Å². The Labute approximate surface area is 113 Å². The fourth-order valence-electron chi connectivity index (χ4n) is 2.23. The summed E-state index contributed by atoms with van der Waals surface area (Å²) < 4.78 is 37.8. The van der Waals surface area contributed by atoms with E-state index in [0.29, 0.717) is 11.5 Å². The van der Waals surface area contributed by atoms with Crippen molar-refractivity contribution in [2.75, 3.05) is 18.0 Å². The average molecular weight is 288 g/mol. The lowest BCUT2D eigenvalue weighted by Gasteiger charge is -2.33. The smallest absolute Gasteiger partial charge is 0.391 e. The van der Waals surface area contributed by atoms with E-state index in [0.717, 1.165) is 0 Å². The van der Waals surface area contributed by atoms with Crippen LogP contribution in [0.15, 0.2) is 23.4 Å². The van der Waals surface area contributed by atoms with Gasteiger partial charge in [0.1, 0.15) is 11.5 Å². The van der Waals surface area contributed by atoms with E-state index >= 15 is 0 Å².